The summed E-state index contributed by atoms with van der Waals surface area (Å²) in [6, 6.07) is 8.45. The monoisotopic (exact) mass is 381 g/mol. The van der Waals surface area contributed by atoms with Crippen LogP contribution in [0, 0.1) is 13.8 Å². The minimum atomic E-state index is -0.148. The zero-order valence-electron chi connectivity index (χ0n) is 16.5. The molecule has 2 N–H and O–H groups in total. The molecule has 1 aromatic carbocycles. The lowest BCUT2D eigenvalue weighted by atomic mass is 10.1. The molecule has 4 rings (SSSR count). The first-order valence-electron chi connectivity index (χ1n) is 9.97. The lowest BCUT2D eigenvalue weighted by molar-refractivity contribution is 0.0947. The van der Waals surface area contributed by atoms with Gasteiger partial charge < -0.3 is 15.2 Å². The number of hydrogen-bond acceptors (Lipinski definition) is 5. The van der Waals surface area contributed by atoms with E-state index in [0.717, 1.165) is 61.4 Å². The van der Waals surface area contributed by atoms with Crippen molar-refractivity contribution in [2.24, 2.45) is 0 Å². The van der Waals surface area contributed by atoms with Crippen LogP contribution in [0.1, 0.15) is 47.3 Å². The van der Waals surface area contributed by atoms with Crippen molar-refractivity contribution in [3.05, 3.63) is 41.5 Å². The van der Waals surface area contributed by atoms with Crippen LogP contribution in [0.25, 0.3) is 11.0 Å². The van der Waals surface area contributed by atoms with Gasteiger partial charge in [-0.1, -0.05) is 17.3 Å². The van der Waals surface area contributed by atoms with Gasteiger partial charge >= 0.3 is 0 Å². The number of para-hydroxylation sites is 2. The first-order valence-corrected chi connectivity index (χ1v) is 9.97. The molecular formula is C20H27N7O. The molecule has 1 aliphatic heterocycles. The van der Waals surface area contributed by atoms with Crippen molar-refractivity contribution < 1.29 is 4.79 Å². The second kappa shape index (κ2) is 8.10. The molecule has 0 atom stereocenters. The third kappa shape index (κ3) is 3.64. The molecule has 1 aliphatic rings. The molecule has 8 heteroatoms. The highest BCUT2D eigenvalue weighted by molar-refractivity contribution is 5.93. The zero-order valence-corrected chi connectivity index (χ0v) is 16.5. The molecule has 0 radical (unpaired) electrons. The van der Waals surface area contributed by atoms with E-state index in [1.54, 1.807) is 0 Å². The van der Waals surface area contributed by atoms with E-state index < -0.39 is 0 Å². The molecule has 0 bridgehead atoms. The van der Waals surface area contributed by atoms with Gasteiger partial charge in [0.2, 0.25) is 0 Å². The number of nitrogens with zero attached hydrogens (tertiary/aromatic N) is 5. The van der Waals surface area contributed by atoms with Crippen LogP contribution in [0.3, 0.4) is 0 Å². The fraction of sp³-hybridized carbons (Fsp3) is 0.500. The number of aryl methyl sites for hydroxylation is 2. The van der Waals surface area contributed by atoms with Gasteiger partial charge in [-0.25, -0.2) is 9.67 Å². The van der Waals surface area contributed by atoms with Crippen LogP contribution < -0.4 is 10.6 Å². The zero-order chi connectivity index (χ0) is 19.5. The molecule has 3 heterocycles. The number of aromatic nitrogens is 5. The quantitative estimate of drug-likeness (QED) is 0.638. The molecule has 0 saturated carbocycles. The van der Waals surface area contributed by atoms with Gasteiger partial charge in [-0.15, -0.1) is 5.10 Å². The van der Waals surface area contributed by atoms with Crippen LogP contribution in [-0.2, 0) is 6.54 Å². The Balaban J connectivity index is 1.33. The number of hydrogen-bond donors (Lipinski definition) is 2. The summed E-state index contributed by atoms with van der Waals surface area (Å²) >= 11 is 0. The fourth-order valence-corrected chi connectivity index (χ4v) is 3.95. The third-order valence-electron chi connectivity index (χ3n) is 5.49. The molecule has 1 amide bonds. The van der Waals surface area contributed by atoms with Gasteiger partial charge in [-0.3, -0.25) is 4.79 Å². The minimum Gasteiger partial charge on any atom is -0.351 e. The number of imidazole rings is 1. The SMILES string of the molecule is Cc1c(C(=O)NCCCn2c(C)nc3ccccc32)nnn1C1CCNCC1. The molecule has 0 unspecified atom stereocenters. The summed E-state index contributed by atoms with van der Waals surface area (Å²) in [4.78, 5) is 17.1. The van der Waals surface area contributed by atoms with Crippen LogP contribution in [0.2, 0.25) is 0 Å². The average Bonchev–Trinajstić information content (AvgIpc) is 3.25. The average molecular weight is 381 g/mol. The smallest absolute Gasteiger partial charge is 0.273 e. The number of carbonyl (C=O) groups is 1. The normalized spacial score (nSPS) is 15.2. The van der Waals surface area contributed by atoms with Crippen molar-refractivity contribution in [2.75, 3.05) is 19.6 Å². The van der Waals surface area contributed by atoms with E-state index in [4.69, 9.17) is 0 Å². The Bertz CT molecular complexity index is 968. The van der Waals surface area contributed by atoms with Gasteiger partial charge in [-0.05, 0) is 58.3 Å². The molecule has 148 valence electrons. The number of nitrogens with one attached hydrogen (secondary N) is 2. The van der Waals surface area contributed by atoms with Crippen LogP contribution in [0.5, 0.6) is 0 Å². The van der Waals surface area contributed by atoms with E-state index in [1.807, 2.05) is 36.7 Å². The molecule has 28 heavy (non-hydrogen) atoms. The molecule has 1 saturated heterocycles. The standard InChI is InChI=1S/C20H27N7O/c1-14-19(24-25-27(14)16-8-11-21-12-9-16)20(28)22-10-5-13-26-15(2)23-17-6-3-4-7-18(17)26/h3-4,6-7,16,21H,5,8-13H2,1-2H3,(H,22,28). The molecule has 1 fully saturated rings. The summed E-state index contributed by atoms with van der Waals surface area (Å²) in [6.07, 6.45) is 2.86. The number of piperidine rings is 1. The van der Waals surface area contributed by atoms with E-state index in [0.29, 0.717) is 18.3 Å². The largest absolute Gasteiger partial charge is 0.351 e. The van der Waals surface area contributed by atoms with Gasteiger partial charge in [0.1, 0.15) is 5.82 Å². The summed E-state index contributed by atoms with van der Waals surface area (Å²) in [5, 5.41) is 14.7. The van der Waals surface area contributed by atoms with Gasteiger partial charge in [0, 0.05) is 13.1 Å². The second-order valence-electron chi connectivity index (χ2n) is 7.36. The Labute approximate surface area is 164 Å². The number of rotatable bonds is 6. The van der Waals surface area contributed by atoms with Crippen molar-refractivity contribution in [2.45, 2.75) is 45.7 Å². The number of amides is 1. The molecular weight excluding hydrogens is 354 g/mol. The number of benzene rings is 1. The van der Waals surface area contributed by atoms with Gasteiger partial charge in [0.25, 0.3) is 5.91 Å². The first kappa shape index (κ1) is 18.6. The van der Waals surface area contributed by atoms with E-state index in [1.165, 1.54) is 0 Å². The van der Waals surface area contributed by atoms with Crippen LogP contribution in [0.4, 0.5) is 0 Å². The van der Waals surface area contributed by atoms with Crippen molar-refractivity contribution in [3.8, 4) is 0 Å². The molecule has 2 aromatic heterocycles. The maximum absolute atomic E-state index is 12.5. The Kier molecular flexibility index (Phi) is 5.38. The van der Waals surface area contributed by atoms with E-state index >= 15 is 0 Å². The maximum Gasteiger partial charge on any atom is 0.273 e. The van der Waals surface area contributed by atoms with Gasteiger partial charge in [-0.2, -0.15) is 0 Å². The van der Waals surface area contributed by atoms with E-state index in [2.05, 4.69) is 36.6 Å². The Hall–Kier alpha value is -2.74. The highest BCUT2D eigenvalue weighted by Crippen LogP contribution is 2.20. The lowest BCUT2D eigenvalue weighted by Crippen LogP contribution is -2.30. The van der Waals surface area contributed by atoms with Gasteiger partial charge in [0.15, 0.2) is 5.69 Å². The minimum absolute atomic E-state index is 0.148. The summed E-state index contributed by atoms with van der Waals surface area (Å²) < 4.78 is 4.11. The first-order chi connectivity index (χ1) is 13.6. The van der Waals surface area contributed by atoms with Crippen molar-refractivity contribution in [3.63, 3.8) is 0 Å². The Morgan fingerprint density at radius 2 is 2.04 bits per heavy atom. The van der Waals surface area contributed by atoms with Crippen molar-refractivity contribution >= 4 is 16.9 Å². The van der Waals surface area contributed by atoms with E-state index in [9.17, 15) is 4.79 Å². The summed E-state index contributed by atoms with van der Waals surface area (Å²) in [5.41, 5.74) is 3.42. The Morgan fingerprint density at radius 3 is 2.86 bits per heavy atom. The summed E-state index contributed by atoms with van der Waals surface area (Å²) in [6.45, 7) is 7.30. The molecule has 3 aromatic rings. The maximum atomic E-state index is 12.5. The fourth-order valence-electron chi connectivity index (χ4n) is 3.95. The highest BCUT2D eigenvalue weighted by atomic mass is 16.2. The summed E-state index contributed by atoms with van der Waals surface area (Å²) in [5.74, 6) is 0.846. The third-order valence-corrected chi connectivity index (χ3v) is 5.49. The topological polar surface area (TPSA) is 89.7 Å². The van der Waals surface area contributed by atoms with Crippen LogP contribution >= 0.6 is 0 Å². The molecule has 0 spiro atoms. The van der Waals surface area contributed by atoms with Gasteiger partial charge in [0.05, 0.1) is 22.8 Å². The predicted octanol–water partition coefficient (Wildman–Crippen LogP) is 1.99. The lowest BCUT2D eigenvalue weighted by Gasteiger charge is -2.23. The number of fused-ring (bicyclic) bond motifs is 1. The number of carbonyl (C=O) groups excluding carboxylic acids is 1. The molecule has 0 aliphatic carbocycles. The van der Waals surface area contributed by atoms with Crippen molar-refractivity contribution in [1.29, 1.82) is 0 Å². The van der Waals surface area contributed by atoms with Crippen LogP contribution in [0.15, 0.2) is 24.3 Å². The van der Waals surface area contributed by atoms with Crippen LogP contribution in [-0.4, -0.2) is 50.1 Å². The highest BCUT2D eigenvalue weighted by Gasteiger charge is 2.22. The Morgan fingerprint density at radius 1 is 1.25 bits per heavy atom. The molecule has 8 nitrogen and oxygen atoms in total. The summed E-state index contributed by atoms with van der Waals surface area (Å²) in [7, 11) is 0. The van der Waals surface area contributed by atoms with Crippen molar-refractivity contribution in [1.82, 2.24) is 35.2 Å². The van der Waals surface area contributed by atoms with E-state index in [-0.39, 0.29) is 5.91 Å². The second-order valence-corrected chi connectivity index (χ2v) is 7.36. The predicted molar refractivity (Wildman–Crippen MR) is 107 cm³/mol.